The molecule has 0 radical (unpaired) electrons. The average Bonchev–Trinajstić information content (AvgIpc) is 2.31. The summed E-state index contributed by atoms with van der Waals surface area (Å²) in [6, 6.07) is 5.44. The lowest BCUT2D eigenvalue weighted by Gasteiger charge is -2.09. The van der Waals surface area contributed by atoms with Crippen molar-refractivity contribution in [1.82, 2.24) is 0 Å². The summed E-state index contributed by atoms with van der Waals surface area (Å²) in [5, 5.41) is 0. The molecule has 0 saturated carbocycles. The Kier molecular flexibility index (Phi) is 5.50. The first-order valence-electron chi connectivity index (χ1n) is 5.54. The van der Waals surface area contributed by atoms with Crippen LogP contribution in [0, 0.1) is 0 Å². The molecule has 0 aromatic heterocycles. The van der Waals surface area contributed by atoms with E-state index in [0.717, 1.165) is 31.6 Å². The minimum atomic E-state index is 0.623. The van der Waals surface area contributed by atoms with Crippen LogP contribution in [-0.4, -0.2) is 20.3 Å². The van der Waals surface area contributed by atoms with Crippen molar-refractivity contribution in [2.45, 2.75) is 19.3 Å². The summed E-state index contributed by atoms with van der Waals surface area (Å²) in [4.78, 5) is 0. The molecule has 0 fully saturated rings. The number of unbranched alkanes of at least 4 members (excludes halogenated alkanes) is 2. The lowest BCUT2D eigenvalue weighted by Crippen LogP contribution is -2.02. The molecule has 1 aromatic rings. The zero-order chi connectivity index (χ0) is 11.8. The van der Waals surface area contributed by atoms with Crippen molar-refractivity contribution in [3.63, 3.8) is 0 Å². The van der Waals surface area contributed by atoms with E-state index in [1.54, 1.807) is 19.2 Å². The molecule has 4 N–H and O–H groups in total. The van der Waals surface area contributed by atoms with Crippen molar-refractivity contribution < 1.29 is 9.47 Å². The molecule has 0 aliphatic heterocycles. The van der Waals surface area contributed by atoms with Gasteiger partial charge in [0.2, 0.25) is 0 Å². The SMILES string of the molecule is COc1cc(OCCCCCN)ccc1N. The van der Waals surface area contributed by atoms with Gasteiger partial charge in [0, 0.05) is 6.07 Å². The third kappa shape index (κ3) is 3.98. The van der Waals surface area contributed by atoms with Crippen LogP contribution in [0.25, 0.3) is 0 Å². The second-order valence-corrected chi connectivity index (χ2v) is 3.60. The maximum Gasteiger partial charge on any atom is 0.145 e. The molecule has 4 heteroatoms. The molecule has 90 valence electrons. The number of methoxy groups -OCH3 is 1. The molecule has 0 heterocycles. The van der Waals surface area contributed by atoms with E-state index >= 15 is 0 Å². The normalized spacial score (nSPS) is 10.1. The first-order valence-corrected chi connectivity index (χ1v) is 5.54. The molecule has 0 atom stereocenters. The third-order valence-corrected chi connectivity index (χ3v) is 2.32. The number of nitrogens with two attached hydrogens (primary N) is 2. The van der Waals surface area contributed by atoms with Gasteiger partial charge in [-0.2, -0.15) is 0 Å². The van der Waals surface area contributed by atoms with E-state index in [9.17, 15) is 0 Å². The zero-order valence-corrected chi connectivity index (χ0v) is 9.74. The van der Waals surface area contributed by atoms with Gasteiger partial charge in [-0.15, -0.1) is 0 Å². The van der Waals surface area contributed by atoms with Crippen LogP contribution in [0.2, 0.25) is 0 Å². The molecule has 0 amide bonds. The van der Waals surface area contributed by atoms with E-state index in [4.69, 9.17) is 20.9 Å². The Hall–Kier alpha value is -1.42. The first-order chi connectivity index (χ1) is 7.77. The quantitative estimate of drug-likeness (QED) is 0.547. The summed E-state index contributed by atoms with van der Waals surface area (Å²) in [6.45, 7) is 1.45. The van der Waals surface area contributed by atoms with Gasteiger partial charge in [0.15, 0.2) is 0 Å². The Morgan fingerprint density at radius 1 is 1.19 bits per heavy atom. The average molecular weight is 224 g/mol. The lowest BCUT2D eigenvalue weighted by atomic mass is 10.2. The van der Waals surface area contributed by atoms with Crippen molar-refractivity contribution in [3.8, 4) is 11.5 Å². The highest BCUT2D eigenvalue weighted by Crippen LogP contribution is 2.26. The van der Waals surface area contributed by atoms with Crippen LogP contribution in [0.1, 0.15) is 19.3 Å². The molecule has 1 rings (SSSR count). The maximum absolute atomic E-state index is 5.70. The summed E-state index contributed by atoms with van der Waals surface area (Å²) in [5.74, 6) is 1.44. The number of benzene rings is 1. The highest BCUT2D eigenvalue weighted by atomic mass is 16.5. The topological polar surface area (TPSA) is 70.5 Å². The minimum Gasteiger partial charge on any atom is -0.494 e. The van der Waals surface area contributed by atoms with Gasteiger partial charge in [-0.25, -0.2) is 0 Å². The molecule has 0 aliphatic rings. The fourth-order valence-corrected chi connectivity index (χ4v) is 1.39. The lowest BCUT2D eigenvalue weighted by molar-refractivity contribution is 0.303. The molecule has 0 spiro atoms. The van der Waals surface area contributed by atoms with Crippen LogP contribution in [0.15, 0.2) is 18.2 Å². The second-order valence-electron chi connectivity index (χ2n) is 3.60. The largest absolute Gasteiger partial charge is 0.494 e. The predicted molar refractivity (Wildman–Crippen MR) is 65.8 cm³/mol. The van der Waals surface area contributed by atoms with Crippen LogP contribution < -0.4 is 20.9 Å². The van der Waals surface area contributed by atoms with Crippen LogP contribution in [0.4, 0.5) is 5.69 Å². The van der Waals surface area contributed by atoms with Crippen molar-refractivity contribution in [1.29, 1.82) is 0 Å². The van der Waals surface area contributed by atoms with Crippen LogP contribution in [-0.2, 0) is 0 Å². The molecule has 16 heavy (non-hydrogen) atoms. The molecule has 0 aliphatic carbocycles. The van der Waals surface area contributed by atoms with Gasteiger partial charge in [0.05, 0.1) is 19.4 Å². The van der Waals surface area contributed by atoms with E-state index in [0.29, 0.717) is 18.0 Å². The van der Waals surface area contributed by atoms with Crippen molar-refractivity contribution in [3.05, 3.63) is 18.2 Å². The van der Waals surface area contributed by atoms with E-state index in [1.807, 2.05) is 6.07 Å². The van der Waals surface area contributed by atoms with Gasteiger partial charge in [0.25, 0.3) is 0 Å². The Balaban J connectivity index is 2.36. The highest BCUT2D eigenvalue weighted by molar-refractivity contribution is 5.55. The summed E-state index contributed by atoms with van der Waals surface area (Å²) < 4.78 is 10.7. The minimum absolute atomic E-state index is 0.623. The fourth-order valence-electron chi connectivity index (χ4n) is 1.39. The van der Waals surface area contributed by atoms with E-state index in [1.165, 1.54) is 0 Å². The Labute approximate surface area is 96.5 Å². The molecule has 0 bridgehead atoms. The smallest absolute Gasteiger partial charge is 0.145 e. The molecule has 1 aromatic carbocycles. The van der Waals surface area contributed by atoms with Crippen molar-refractivity contribution in [2.75, 3.05) is 26.0 Å². The number of nitrogen functional groups attached to an aromatic ring is 1. The van der Waals surface area contributed by atoms with Crippen LogP contribution in [0.3, 0.4) is 0 Å². The monoisotopic (exact) mass is 224 g/mol. The first kappa shape index (κ1) is 12.6. The van der Waals surface area contributed by atoms with E-state index in [2.05, 4.69) is 0 Å². The molecule has 0 saturated heterocycles. The summed E-state index contributed by atoms with van der Waals surface area (Å²) in [6.07, 6.45) is 3.17. The summed E-state index contributed by atoms with van der Waals surface area (Å²) >= 11 is 0. The van der Waals surface area contributed by atoms with Gasteiger partial charge >= 0.3 is 0 Å². The Bertz CT molecular complexity index is 316. The zero-order valence-electron chi connectivity index (χ0n) is 9.74. The highest BCUT2D eigenvalue weighted by Gasteiger charge is 2.01. The van der Waals surface area contributed by atoms with Crippen molar-refractivity contribution in [2.24, 2.45) is 5.73 Å². The molecular formula is C12H20N2O2. The standard InChI is InChI=1S/C12H20N2O2/c1-15-12-9-10(5-6-11(12)14)16-8-4-2-3-7-13/h5-6,9H,2-4,7-8,13-14H2,1H3. The predicted octanol–water partition coefficient (Wildman–Crippen LogP) is 1.79. The molecule has 4 nitrogen and oxygen atoms in total. The Morgan fingerprint density at radius 2 is 2.00 bits per heavy atom. The van der Waals surface area contributed by atoms with Crippen LogP contribution >= 0.6 is 0 Å². The van der Waals surface area contributed by atoms with Gasteiger partial charge in [0.1, 0.15) is 11.5 Å². The Morgan fingerprint density at radius 3 is 2.69 bits per heavy atom. The van der Waals surface area contributed by atoms with Gasteiger partial charge in [-0.1, -0.05) is 0 Å². The van der Waals surface area contributed by atoms with E-state index < -0.39 is 0 Å². The number of rotatable bonds is 7. The second kappa shape index (κ2) is 6.95. The number of hydrogen-bond acceptors (Lipinski definition) is 4. The van der Waals surface area contributed by atoms with Gasteiger partial charge in [-0.3, -0.25) is 0 Å². The van der Waals surface area contributed by atoms with E-state index in [-0.39, 0.29) is 0 Å². The number of hydrogen-bond donors (Lipinski definition) is 2. The summed E-state index contributed by atoms with van der Waals surface area (Å²) in [7, 11) is 1.59. The number of anilines is 1. The third-order valence-electron chi connectivity index (χ3n) is 2.32. The van der Waals surface area contributed by atoms with Crippen molar-refractivity contribution >= 4 is 5.69 Å². The molecular weight excluding hydrogens is 204 g/mol. The summed E-state index contributed by atoms with van der Waals surface area (Å²) in [5.41, 5.74) is 11.7. The van der Waals surface area contributed by atoms with Gasteiger partial charge < -0.3 is 20.9 Å². The molecule has 0 unspecified atom stereocenters. The van der Waals surface area contributed by atoms with Crippen LogP contribution in [0.5, 0.6) is 11.5 Å². The fraction of sp³-hybridized carbons (Fsp3) is 0.500. The van der Waals surface area contributed by atoms with Gasteiger partial charge in [-0.05, 0) is 37.9 Å². The number of ether oxygens (including phenoxy) is 2. The maximum atomic E-state index is 5.70.